The molecule has 1 heterocycles. The van der Waals surface area contributed by atoms with Crippen LogP contribution in [-0.2, 0) is 9.53 Å². The van der Waals surface area contributed by atoms with Gasteiger partial charge in [-0.3, -0.25) is 4.79 Å². The molecule has 1 aliphatic heterocycles. The van der Waals surface area contributed by atoms with Crippen LogP contribution in [0.5, 0.6) is 11.5 Å². The average molecular weight is 234 g/mol. The molecule has 0 saturated heterocycles. The van der Waals surface area contributed by atoms with E-state index in [1.54, 1.807) is 18.2 Å². The van der Waals surface area contributed by atoms with Gasteiger partial charge in [0, 0.05) is 11.6 Å². The van der Waals surface area contributed by atoms with Crippen LogP contribution in [0.4, 0.5) is 0 Å². The van der Waals surface area contributed by atoms with Gasteiger partial charge in [-0.25, -0.2) is 4.79 Å². The van der Waals surface area contributed by atoms with Gasteiger partial charge < -0.3 is 14.2 Å². The van der Waals surface area contributed by atoms with E-state index >= 15 is 0 Å². The van der Waals surface area contributed by atoms with Crippen molar-refractivity contribution in [1.29, 1.82) is 0 Å². The van der Waals surface area contributed by atoms with Crippen LogP contribution in [0.3, 0.4) is 0 Å². The van der Waals surface area contributed by atoms with Gasteiger partial charge in [0.2, 0.25) is 6.79 Å². The third kappa shape index (κ3) is 2.44. The molecule has 1 aliphatic rings. The monoisotopic (exact) mass is 234 g/mol. The van der Waals surface area contributed by atoms with Gasteiger partial charge in [0.25, 0.3) is 0 Å². The van der Waals surface area contributed by atoms with Crippen LogP contribution in [0.25, 0.3) is 0 Å². The number of carbonyl (C=O) groups excluding carboxylic acids is 2. The highest BCUT2D eigenvalue weighted by Crippen LogP contribution is 2.32. The highest BCUT2D eigenvalue weighted by Gasteiger charge is 2.15. The lowest BCUT2D eigenvalue weighted by Crippen LogP contribution is -1.98. The van der Waals surface area contributed by atoms with Gasteiger partial charge in [0.15, 0.2) is 17.3 Å². The number of ether oxygens (including phenoxy) is 3. The largest absolute Gasteiger partial charge is 0.466 e. The maximum absolute atomic E-state index is 11.7. The second kappa shape index (κ2) is 4.69. The van der Waals surface area contributed by atoms with Crippen LogP contribution in [0, 0.1) is 0 Å². The van der Waals surface area contributed by atoms with Crippen molar-refractivity contribution >= 4 is 11.8 Å². The van der Waals surface area contributed by atoms with Crippen molar-refractivity contribution < 1.29 is 23.8 Å². The predicted molar refractivity (Wildman–Crippen MR) is 58.1 cm³/mol. The van der Waals surface area contributed by atoms with E-state index in [-0.39, 0.29) is 12.6 Å². The smallest absolute Gasteiger partial charge is 0.330 e. The van der Waals surface area contributed by atoms with Crippen molar-refractivity contribution in [1.82, 2.24) is 0 Å². The van der Waals surface area contributed by atoms with Gasteiger partial charge in [-0.05, 0) is 24.3 Å². The molecule has 0 spiro atoms. The number of ketones is 1. The Morgan fingerprint density at radius 1 is 1.24 bits per heavy atom. The zero-order chi connectivity index (χ0) is 12.3. The first kappa shape index (κ1) is 11.2. The second-order valence-corrected chi connectivity index (χ2v) is 3.29. The molecule has 1 aromatic carbocycles. The summed E-state index contributed by atoms with van der Waals surface area (Å²) < 4.78 is 14.7. The van der Waals surface area contributed by atoms with Crippen LogP contribution < -0.4 is 9.47 Å². The van der Waals surface area contributed by atoms with Crippen molar-refractivity contribution in [3.63, 3.8) is 0 Å². The molecular formula is C12H10O5. The third-order valence-corrected chi connectivity index (χ3v) is 2.23. The van der Waals surface area contributed by atoms with Crippen molar-refractivity contribution in [3.05, 3.63) is 35.9 Å². The van der Waals surface area contributed by atoms with E-state index in [1.807, 2.05) is 0 Å². The quantitative estimate of drug-likeness (QED) is 0.448. The van der Waals surface area contributed by atoms with E-state index in [9.17, 15) is 9.59 Å². The number of allylic oxidation sites excluding steroid dienone is 1. The SMILES string of the molecule is COC(=O)C=CC(=O)c1ccc2c(c1)OCO2. The Kier molecular flexibility index (Phi) is 3.09. The third-order valence-electron chi connectivity index (χ3n) is 2.23. The zero-order valence-corrected chi connectivity index (χ0v) is 9.14. The van der Waals surface area contributed by atoms with E-state index in [0.29, 0.717) is 17.1 Å². The molecule has 0 atom stereocenters. The fourth-order valence-corrected chi connectivity index (χ4v) is 1.36. The van der Waals surface area contributed by atoms with Crippen LogP contribution in [0.2, 0.25) is 0 Å². The van der Waals surface area contributed by atoms with Gasteiger partial charge in [0.1, 0.15) is 0 Å². The first-order chi connectivity index (χ1) is 8.20. The van der Waals surface area contributed by atoms with Gasteiger partial charge in [0.05, 0.1) is 7.11 Å². The first-order valence-electron chi connectivity index (χ1n) is 4.90. The molecule has 2 rings (SSSR count). The molecule has 0 N–H and O–H groups in total. The zero-order valence-electron chi connectivity index (χ0n) is 9.14. The van der Waals surface area contributed by atoms with Crippen molar-refractivity contribution in [2.24, 2.45) is 0 Å². The van der Waals surface area contributed by atoms with Crippen LogP contribution in [0.15, 0.2) is 30.4 Å². The summed E-state index contributed by atoms with van der Waals surface area (Å²) in [6.07, 6.45) is 2.23. The van der Waals surface area contributed by atoms with E-state index in [0.717, 1.165) is 12.2 Å². The standard InChI is InChI=1S/C12H10O5/c1-15-12(14)5-3-9(13)8-2-4-10-11(6-8)17-7-16-10/h2-6H,7H2,1H3. The van der Waals surface area contributed by atoms with Crippen molar-refractivity contribution in [2.75, 3.05) is 13.9 Å². The van der Waals surface area contributed by atoms with E-state index < -0.39 is 5.97 Å². The molecular weight excluding hydrogens is 224 g/mol. The molecule has 0 saturated carbocycles. The minimum atomic E-state index is -0.570. The number of esters is 1. The Balaban J connectivity index is 2.15. The molecule has 0 radical (unpaired) electrons. The molecule has 1 aromatic rings. The lowest BCUT2D eigenvalue weighted by Gasteiger charge is -1.98. The Hall–Kier alpha value is -2.30. The molecule has 0 aliphatic carbocycles. The highest BCUT2D eigenvalue weighted by molar-refractivity contribution is 6.07. The molecule has 0 fully saturated rings. The molecule has 17 heavy (non-hydrogen) atoms. The number of carbonyl (C=O) groups is 2. The van der Waals surface area contributed by atoms with Crippen LogP contribution in [-0.4, -0.2) is 25.7 Å². The van der Waals surface area contributed by atoms with E-state index in [2.05, 4.69) is 4.74 Å². The highest BCUT2D eigenvalue weighted by atomic mass is 16.7. The maximum atomic E-state index is 11.7. The van der Waals surface area contributed by atoms with Crippen LogP contribution in [0.1, 0.15) is 10.4 Å². The number of hydrogen-bond acceptors (Lipinski definition) is 5. The van der Waals surface area contributed by atoms with Gasteiger partial charge in [-0.2, -0.15) is 0 Å². The summed E-state index contributed by atoms with van der Waals surface area (Å²) in [5.41, 5.74) is 0.425. The van der Waals surface area contributed by atoms with Gasteiger partial charge in [-0.15, -0.1) is 0 Å². The number of benzene rings is 1. The minimum Gasteiger partial charge on any atom is -0.466 e. The number of rotatable bonds is 3. The predicted octanol–water partition coefficient (Wildman–Crippen LogP) is 1.33. The molecule has 5 nitrogen and oxygen atoms in total. The number of fused-ring (bicyclic) bond motifs is 1. The van der Waals surface area contributed by atoms with E-state index in [1.165, 1.54) is 7.11 Å². The average Bonchev–Trinajstić information content (AvgIpc) is 2.82. The number of methoxy groups -OCH3 is 1. The molecule has 0 amide bonds. The molecule has 0 aromatic heterocycles. The second-order valence-electron chi connectivity index (χ2n) is 3.29. The Morgan fingerprint density at radius 3 is 2.76 bits per heavy atom. The molecule has 0 bridgehead atoms. The minimum absolute atomic E-state index is 0.158. The summed E-state index contributed by atoms with van der Waals surface area (Å²) in [6.45, 7) is 0.158. The summed E-state index contributed by atoms with van der Waals surface area (Å²) in [4.78, 5) is 22.5. The maximum Gasteiger partial charge on any atom is 0.330 e. The Labute approximate surface area is 97.6 Å². The van der Waals surface area contributed by atoms with Crippen molar-refractivity contribution in [3.8, 4) is 11.5 Å². The van der Waals surface area contributed by atoms with Crippen molar-refractivity contribution in [2.45, 2.75) is 0 Å². The fraction of sp³-hybridized carbons (Fsp3) is 0.167. The van der Waals surface area contributed by atoms with Gasteiger partial charge in [-0.1, -0.05) is 0 Å². The summed E-state index contributed by atoms with van der Waals surface area (Å²) >= 11 is 0. The normalized spacial score (nSPS) is 12.8. The summed E-state index contributed by atoms with van der Waals surface area (Å²) in [5.74, 6) is 0.272. The first-order valence-corrected chi connectivity index (χ1v) is 4.90. The Bertz CT molecular complexity index is 490. The number of hydrogen-bond donors (Lipinski definition) is 0. The summed E-state index contributed by atoms with van der Waals surface area (Å²) in [5, 5.41) is 0. The van der Waals surface area contributed by atoms with E-state index in [4.69, 9.17) is 9.47 Å². The molecule has 0 unspecified atom stereocenters. The van der Waals surface area contributed by atoms with Gasteiger partial charge >= 0.3 is 5.97 Å². The lowest BCUT2D eigenvalue weighted by molar-refractivity contribution is -0.134. The topological polar surface area (TPSA) is 61.8 Å². The Morgan fingerprint density at radius 2 is 2.00 bits per heavy atom. The lowest BCUT2D eigenvalue weighted by atomic mass is 10.1. The van der Waals surface area contributed by atoms with Crippen LogP contribution >= 0.6 is 0 Å². The fourth-order valence-electron chi connectivity index (χ4n) is 1.36. The summed E-state index contributed by atoms with van der Waals surface area (Å²) in [6, 6.07) is 4.84. The molecule has 5 heteroatoms. The molecule has 88 valence electrons. The summed E-state index contributed by atoms with van der Waals surface area (Å²) in [7, 11) is 1.25.